The van der Waals surface area contributed by atoms with Gasteiger partial charge in [-0.15, -0.1) is 0 Å². The molecule has 3 aliphatic rings. The van der Waals surface area contributed by atoms with Gasteiger partial charge in [0.2, 0.25) is 0 Å². The third-order valence-corrected chi connectivity index (χ3v) is 10.1. The summed E-state index contributed by atoms with van der Waals surface area (Å²) in [7, 11) is -2.56. The topological polar surface area (TPSA) is 27.7 Å². The second-order valence-electron chi connectivity index (χ2n) is 6.72. The Bertz CT molecular complexity index is 332. The van der Waals surface area contributed by atoms with E-state index >= 15 is 0 Å². The molecule has 4 unspecified atom stereocenters. The molecule has 3 fully saturated rings. The lowest BCUT2D eigenvalue weighted by molar-refractivity contribution is 0.0305. The van der Waals surface area contributed by atoms with Crippen LogP contribution in [-0.2, 0) is 13.3 Å². The zero-order valence-electron chi connectivity index (χ0n) is 13.3. The van der Waals surface area contributed by atoms with Crippen LogP contribution in [0.25, 0.3) is 0 Å². The molecule has 0 aromatic heterocycles. The molecule has 4 heteroatoms. The molecule has 0 radical (unpaired) electrons. The van der Waals surface area contributed by atoms with E-state index in [-0.39, 0.29) is 5.04 Å². The predicted octanol–water partition coefficient (Wildman–Crippen LogP) is 4.01. The van der Waals surface area contributed by atoms with Gasteiger partial charge in [0, 0.05) is 24.9 Å². The molecule has 3 saturated carbocycles. The minimum absolute atomic E-state index is 0.251. The first-order valence-electron chi connectivity index (χ1n) is 8.65. The van der Waals surface area contributed by atoms with Crippen LogP contribution in [-0.4, -0.2) is 28.6 Å². The van der Waals surface area contributed by atoms with E-state index in [9.17, 15) is 0 Å². The van der Waals surface area contributed by atoms with Gasteiger partial charge >= 0.3 is 8.80 Å². The molecule has 0 spiro atoms. The van der Waals surface area contributed by atoms with Crippen molar-refractivity contribution in [3.05, 3.63) is 0 Å². The Kier molecular flexibility index (Phi) is 4.29. The lowest BCUT2D eigenvalue weighted by Crippen LogP contribution is -2.58. The molecule has 4 atom stereocenters. The summed E-state index contributed by atoms with van der Waals surface area (Å²) < 4.78 is 19.0. The molecule has 0 N–H and O–H groups in total. The highest BCUT2D eigenvalue weighted by Crippen LogP contribution is 2.73. The van der Waals surface area contributed by atoms with E-state index in [1.807, 2.05) is 0 Å². The van der Waals surface area contributed by atoms with Crippen LogP contribution in [0.5, 0.6) is 0 Å². The Balaban J connectivity index is 1.96. The SMILES string of the molecule is CCO[Si](OCC)(OCC)C12CCC(C1)C1CCCC12. The molecule has 0 amide bonds. The lowest BCUT2D eigenvalue weighted by Gasteiger charge is -2.46. The molecule has 3 rings (SSSR count). The van der Waals surface area contributed by atoms with Crippen LogP contribution < -0.4 is 0 Å². The van der Waals surface area contributed by atoms with Crippen molar-refractivity contribution in [1.82, 2.24) is 0 Å². The summed E-state index contributed by atoms with van der Waals surface area (Å²) in [6, 6.07) is 0. The Morgan fingerprint density at radius 3 is 2.20 bits per heavy atom. The summed E-state index contributed by atoms with van der Waals surface area (Å²) in [5, 5.41) is 0.251. The Morgan fingerprint density at radius 1 is 0.950 bits per heavy atom. The first kappa shape index (κ1) is 15.0. The third kappa shape index (κ3) is 1.95. The molecule has 0 aliphatic heterocycles. The van der Waals surface area contributed by atoms with Gasteiger partial charge in [-0.1, -0.05) is 6.42 Å². The summed E-state index contributed by atoms with van der Waals surface area (Å²) in [6.45, 7) is 8.42. The average Bonchev–Trinajstić information content (AvgIpc) is 3.12. The van der Waals surface area contributed by atoms with Crippen LogP contribution in [0, 0.1) is 17.8 Å². The van der Waals surface area contributed by atoms with Crippen molar-refractivity contribution in [1.29, 1.82) is 0 Å². The number of hydrogen-bond donors (Lipinski definition) is 0. The third-order valence-electron chi connectivity index (χ3n) is 6.09. The van der Waals surface area contributed by atoms with Crippen molar-refractivity contribution < 1.29 is 13.3 Å². The van der Waals surface area contributed by atoms with Gasteiger partial charge in [0.15, 0.2) is 0 Å². The highest BCUT2D eigenvalue weighted by Gasteiger charge is 2.72. The molecule has 0 aromatic carbocycles. The van der Waals surface area contributed by atoms with Gasteiger partial charge in [-0.05, 0) is 70.6 Å². The van der Waals surface area contributed by atoms with Crippen LogP contribution in [0.3, 0.4) is 0 Å². The van der Waals surface area contributed by atoms with E-state index in [2.05, 4.69) is 20.8 Å². The Labute approximate surface area is 124 Å². The van der Waals surface area contributed by atoms with Crippen LogP contribution >= 0.6 is 0 Å². The maximum Gasteiger partial charge on any atom is 0.507 e. The van der Waals surface area contributed by atoms with Crippen molar-refractivity contribution in [2.75, 3.05) is 19.8 Å². The summed E-state index contributed by atoms with van der Waals surface area (Å²) in [4.78, 5) is 0. The second-order valence-corrected chi connectivity index (χ2v) is 9.69. The maximum atomic E-state index is 6.32. The fourth-order valence-corrected chi connectivity index (χ4v) is 9.72. The monoisotopic (exact) mass is 298 g/mol. The first-order valence-corrected chi connectivity index (χ1v) is 10.4. The molecular formula is C16H30O3Si. The molecular weight excluding hydrogens is 268 g/mol. The van der Waals surface area contributed by atoms with Crippen LogP contribution in [0.2, 0.25) is 5.04 Å². The van der Waals surface area contributed by atoms with E-state index in [0.29, 0.717) is 0 Å². The van der Waals surface area contributed by atoms with Crippen LogP contribution in [0.4, 0.5) is 0 Å². The standard InChI is InChI=1S/C16H30O3Si/c1-4-17-20(18-5-2,19-6-3)16-11-10-13(12-16)14-8-7-9-15(14)16/h13-15H,4-12H2,1-3H3. The first-order chi connectivity index (χ1) is 9.73. The number of hydrogen-bond acceptors (Lipinski definition) is 3. The van der Waals surface area contributed by atoms with Gasteiger partial charge < -0.3 is 13.3 Å². The van der Waals surface area contributed by atoms with Crippen molar-refractivity contribution in [3.63, 3.8) is 0 Å². The summed E-state index contributed by atoms with van der Waals surface area (Å²) in [5.74, 6) is 2.69. The summed E-state index contributed by atoms with van der Waals surface area (Å²) in [6.07, 6.45) is 8.19. The second kappa shape index (κ2) is 5.71. The minimum Gasteiger partial charge on any atom is -0.373 e. The van der Waals surface area contributed by atoms with E-state index in [4.69, 9.17) is 13.3 Å². The molecule has 0 saturated heterocycles. The summed E-state index contributed by atoms with van der Waals surface area (Å²) in [5.41, 5.74) is 0. The van der Waals surface area contributed by atoms with Crippen molar-refractivity contribution in [3.8, 4) is 0 Å². The molecule has 3 aliphatic carbocycles. The Morgan fingerprint density at radius 2 is 1.60 bits per heavy atom. The molecule has 3 nitrogen and oxygen atoms in total. The smallest absolute Gasteiger partial charge is 0.373 e. The van der Waals surface area contributed by atoms with E-state index in [1.54, 1.807) is 0 Å². The molecule has 0 heterocycles. The van der Waals surface area contributed by atoms with Gasteiger partial charge in [0.1, 0.15) is 0 Å². The highest BCUT2D eigenvalue weighted by atomic mass is 28.4. The van der Waals surface area contributed by atoms with Gasteiger partial charge in [0.05, 0.1) is 0 Å². The average molecular weight is 298 g/mol. The van der Waals surface area contributed by atoms with E-state index in [1.165, 1.54) is 38.5 Å². The zero-order valence-corrected chi connectivity index (χ0v) is 14.3. The van der Waals surface area contributed by atoms with Crippen molar-refractivity contribution in [2.45, 2.75) is 64.3 Å². The Hall–Kier alpha value is 0.0969. The minimum atomic E-state index is -2.56. The van der Waals surface area contributed by atoms with Crippen LogP contribution in [0.1, 0.15) is 59.3 Å². The quantitative estimate of drug-likeness (QED) is 0.665. The van der Waals surface area contributed by atoms with E-state index in [0.717, 1.165) is 37.6 Å². The molecule has 20 heavy (non-hydrogen) atoms. The van der Waals surface area contributed by atoms with E-state index < -0.39 is 8.80 Å². The molecule has 116 valence electrons. The van der Waals surface area contributed by atoms with Gasteiger partial charge in [-0.3, -0.25) is 0 Å². The zero-order chi connectivity index (χ0) is 14.2. The number of fused-ring (bicyclic) bond motifs is 5. The normalized spacial score (nSPS) is 39.5. The maximum absolute atomic E-state index is 6.32. The van der Waals surface area contributed by atoms with Gasteiger partial charge in [-0.25, -0.2) is 0 Å². The van der Waals surface area contributed by atoms with Gasteiger partial charge in [0.25, 0.3) is 0 Å². The van der Waals surface area contributed by atoms with Crippen molar-refractivity contribution in [2.24, 2.45) is 17.8 Å². The number of rotatable bonds is 7. The van der Waals surface area contributed by atoms with Crippen LogP contribution in [0.15, 0.2) is 0 Å². The fourth-order valence-electron chi connectivity index (χ4n) is 5.69. The lowest BCUT2D eigenvalue weighted by atomic mass is 9.81. The van der Waals surface area contributed by atoms with Crippen molar-refractivity contribution >= 4 is 8.80 Å². The fraction of sp³-hybridized carbons (Fsp3) is 1.00. The largest absolute Gasteiger partial charge is 0.507 e. The summed E-state index contributed by atoms with van der Waals surface area (Å²) >= 11 is 0. The van der Waals surface area contributed by atoms with Gasteiger partial charge in [-0.2, -0.15) is 0 Å². The molecule has 2 bridgehead atoms. The highest BCUT2D eigenvalue weighted by molar-refractivity contribution is 6.64. The predicted molar refractivity (Wildman–Crippen MR) is 81.5 cm³/mol. The molecule has 0 aromatic rings.